The van der Waals surface area contributed by atoms with Crippen molar-refractivity contribution in [3.05, 3.63) is 35.1 Å². The summed E-state index contributed by atoms with van der Waals surface area (Å²) in [6.07, 6.45) is 0.986. The molecule has 0 aliphatic carbocycles. The van der Waals surface area contributed by atoms with E-state index in [9.17, 15) is 14.0 Å². The highest BCUT2D eigenvalue weighted by molar-refractivity contribution is 5.95. The highest BCUT2D eigenvalue weighted by Crippen LogP contribution is 2.24. The minimum absolute atomic E-state index is 0.0782. The number of hydrogen-bond donors (Lipinski definition) is 0. The number of benzene rings is 1. The number of amides is 1. The Bertz CT molecular complexity index is 544. The third-order valence-electron chi connectivity index (χ3n) is 3.82. The van der Waals surface area contributed by atoms with Crippen LogP contribution in [0.15, 0.2) is 18.2 Å². The number of carbonyl (C=O) groups excluding carboxylic acids is 2. The molecule has 0 aromatic heterocycles. The molecule has 21 heavy (non-hydrogen) atoms. The maximum absolute atomic E-state index is 13.4. The quantitative estimate of drug-likeness (QED) is 0.754. The summed E-state index contributed by atoms with van der Waals surface area (Å²) in [5.74, 6) is -0.215. The topological polar surface area (TPSA) is 46.6 Å². The molecule has 0 saturated carbocycles. The summed E-state index contributed by atoms with van der Waals surface area (Å²) in [6, 6.07) is 4.22. The molecule has 1 aromatic carbocycles. The van der Waals surface area contributed by atoms with Gasteiger partial charge >= 0.3 is 0 Å². The smallest absolute Gasteiger partial charge is 0.223 e. The Kier molecular flexibility index (Phi) is 5.07. The number of methoxy groups -OCH3 is 1. The number of rotatable bonds is 6. The molecule has 0 bridgehead atoms. The largest absolute Gasteiger partial charge is 0.383 e. The van der Waals surface area contributed by atoms with Crippen molar-refractivity contribution in [1.29, 1.82) is 0 Å². The van der Waals surface area contributed by atoms with Gasteiger partial charge in [-0.1, -0.05) is 0 Å². The molecule has 0 N–H and O–H groups in total. The van der Waals surface area contributed by atoms with Crippen molar-refractivity contribution in [2.24, 2.45) is 5.92 Å². The van der Waals surface area contributed by atoms with Crippen LogP contribution in [-0.4, -0.2) is 43.4 Å². The summed E-state index contributed by atoms with van der Waals surface area (Å²) in [5.41, 5.74) is 1.23. The monoisotopic (exact) mass is 293 g/mol. The molecule has 4 nitrogen and oxygen atoms in total. The first-order valence-corrected chi connectivity index (χ1v) is 7.07. The van der Waals surface area contributed by atoms with E-state index in [-0.39, 0.29) is 23.4 Å². The van der Waals surface area contributed by atoms with Crippen LogP contribution in [0.25, 0.3) is 0 Å². The lowest BCUT2D eigenvalue weighted by molar-refractivity contribution is -0.128. The summed E-state index contributed by atoms with van der Waals surface area (Å²) in [4.78, 5) is 25.3. The van der Waals surface area contributed by atoms with Crippen LogP contribution in [0.2, 0.25) is 0 Å². The molecule has 1 atom stereocenters. The van der Waals surface area contributed by atoms with Crippen LogP contribution in [0, 0.1) is 11.7 Å². The van der Waals surface area contributed by atoms with Crippen molar-refractivity contribution in [1.82, 2.24) is 4.90 Å². The van der Waals surface area contributed by atoms with E-state index >= 15 is 0 Å². The normalized spacial score (nSPS) is 18.3. The van der Waals surface area contributed by atoms with E-state index in [2.05, 4.69) is 0 Å². The molecule has 1 saturated heterocycles. The molecule has 2 rings (SSSR count). The van der Waals surface area contributed by atoms with Crippen molar-refractivity contribution in [2.45, 2.75) is 19.8 Å². The number of halogens is 1. The van der Waals surface area contributed by atoms with Gasteiger partial charge in [0.1, 0.15) is 5.82 Å². The Labute approximate surface area is 123 Å². The maximum atomic E-state index is 13.4. The van der Waals surface area contributed by atoms with Crippen LogP contribution in [0.3, 0.4) is 0 Å². The van der Waals surface area contributed by atoms with Crippen molar-refractivity contribution in [2.75, 3.05) is 26.8 Å². The average molecular weight is 293 g/mol. The molecule has 1 amide bonds. The standard InChI is InChI=1S/C16H20FNO3/c1-11(19)15-4-3-14(17)9-13(15)7-12-8-16(20)18(10-12)5-6-21-2/h3-4,9,12H,5-8,10H2,1-2H3/t12-/m0/s1. The molecular formula is C16H20FNO3. The van der Waals surface area contributed by atoms with E-state index in [1.54, 1.807) is 12.0 Å². The summed E-state index contributed by atoms with van der Waals surface area (Å²) in [6.45, 7) is 3.20. The van der Waals surface area contributed by atoms with Crippen molar-refractivity contribution in [3.8, 4) is 0 Å². The zero-order valence-corrected chi connectivity index (χ0v) is 12.4. The van der Waals surface area contributed by atoms with Gasteiger partial charge in [0, 0.05) is 32.2 Å². The summed E-state index contributed by atoms with van der Waals surface area (Å²) < 4.78 is 18.4. The molecule has 1 aliphatic heterocycles. The fourth-order valence-corrected chi connectivity index (χ4v) is 2.79. The second-order valence-electron chi connectivity index (χ2n) is 5.46. The van der Waals surface area contributed by atoms with Crippen LogP contribution >= 0.6 is 0 Å². The van der Waals surface area contributed by atoms with Crippen molar-refractivity contribution in [3.63, 3.8) is 0 Å². The molecule has 1 fully saturated rings. The highest BCUT2D eigenvalue weighted by atomic mass is 19.1. The second-order valence-corrected chi connectivity index (χ2v) is 5.46. The molecule has 0 radical (unpaired) electrons. The minimum atomic E-state index is -0.351. The molecule has 114 valence electrons. The number of carbonyl (C=O) groups is 2. The van der Waals surface area contributed by atoms with Gasteiger partial charge < -0.3 is 9.64 Å². The summed E-state index contributed by atoms with van der Waals surface area (Å²) in [5, 5.41) is 0. The first-order valence-electron chi connectivity index (χ1n) is 7.07. The van der Waals surface area contributed by atoms with Gasteiger partial charge in [-0.2, -0.15) is 0 Å². The second kappa shape index (κ2) is 6.80. The predicted octanol–water partition coefficient (Wildman–Crippen LogP) is 2.07. The highest BCUT2D eigenvalue weighted by Gasteiger charge is 2.29. The van der Waals surface area contributed by atoms with E-state index < -0.39 is 0 Å². The van der Waals surface area contributed by atoms with Gasteiger partial charge in [0.05, 0.1) is 6.61 Å². The molecule has 1 aliphatic rings. The Hall–Kier alpha value is -1.75. The van der Waals surface area contributed by atoms with E-state index in [1.165, 1.54) is 25.1 Å². The lowest BCUT2D eigenvalue weighted by Gasteiger charge is -2.16. The third-order valence-corrected chi connectivity index (χ3v) is 3.82. The number of likely N-dealkylation sites (tertiary alicyclic amines) is 1. The van der Waals surface area contributed by atoms with Gasteiger partial charge in [0.25, 0.3) is 0 Å². The summed E-state index contributed by atoms with van der Waals surface area (Å²) in [7, 11) is 1.60. The van der Waals surface area contributed by atoms with E-state index in [0.29, 0.717) is 43.7 Å². The van der Waals surface area contributed by atoms with E-state index in [0.717, 1.165) is 0 Å². The lowest BCUT2D eigenvalue weighted by atomic mass is 9.93. The molecule has 0 unspecified atom stereocenters. The lowest BCUT2D eigenvalue weighted by Crippen LogP contribution is -2.29. The molecule has 5 heteroatoms. The van der Waals surface area contributed by atoms with Gasteiger partial charge in [0.2, 0.25) is 5.91 Å². The number of nitrogens with zero attached hydrogens (tertiary/aromatic N) is 1. The van der Waals surface area contributed by atoms with Crippen LogP contribution in [0.1, 0.15) is 29.3 Å². The first-order chi connectivity index (χ1) is 10.0. The molecule has 1 heterocycles. The van der Waals surface area contributed by atoms with Crippen LogP contribution < -0.4 is 0 Å². The van der Waals surface area contributed by atoms with E-state index in [4.69, 9.17) is 4.74 Å². The van der Waals surface area contributed by atoms with E-state index in [1.807, 2.05) is 0 Å². The first kappa shape index (κ1) is 15.6. The molecule has 0 spiro atoms. The number of Topliss-reactive ketones (excluding diaryl/α,β-unsaturated/α-hetero) is 1. The number of ether oxygens (including phenoxy) is 1. The minimum Gasteiger partial charge on any atom is -0.383 e. The Morgan fingerprint density at radius 2 is 2.24 bits per heavy atom. The summed E-state index contributed by atoms with van der Waals surface area (Å²) >= 11 is 0. The average Bonchev–Trinajstić information content (AvgIpc) is 2.76. The van der Waals surface area contributed by atoms with Gasteiger partial charge in [-0.05, 0) is 43.0 Å². The molecular weight excluding hydrogens is 273 g/mol. The Morgan fingerprint density at radius 1 is 1.48 bits per heavy atom. The Morgan fingerprint density at radius 3 is 2.90 bits per heavy atom. The zero-order chi connectivity index (χ0) is 15.4. The zero-order valence-electron chi connectivity index (χ0n) is 12.4. The molecule has 1 aromatic rings. The fourth-order valence-electron chi connectivity index (χ4n) is 2.79. The predicted molar refractivity (Wildman–Crippen MR) is 76.7 cm³/mol. The van der Waals surface area contributed by atoms with Crippen LogP contribution in [0.4, 0.5) is 4.39 Å². The Balaban J connectivity index is 2.07. The van der Waals surface area contributed by atoms with Crippen LogP contribution in [0.5, 0.6) is 0 Å². The SMILES string of the molecule is COCCN1C[C@@H](Cc2cc(F)ccc2C(C)=O)CC1=O. The van der Waals surface area contributed by atoms with Gasteiger partial charge in [-0.3, -0.25) is 9.59 Å². The van der Waals surface area contributed by atoms with Crippen molar-refractivity contribution < 1.29 is 18.7 Å². The maximum Gasteiger partial charge on any atom is 0.223 e. The van der Waals surface area contributed by atoms with Crippen molar-refractivity contribution >= 4 is 11.7 Å². The number of hydrogen-bond acceptors (Lipinski definition) is 3. The van der Waals surface area contributed by atoms with Gasteiger partial charge in [0.15, 0.2) is 5.78 Å². The van der Waals surface area contributed by atoms with Gasteiger partial charge in [-0.25, -0.2) is 4.39 Å². The van der Waals surface area contributed by atoms with Crippen LogP contribution in [-0.2, 0) is 16.0 Å². The van der Waals surface area contributed by atoms with Gasteiger partial charge in [-0.15, -0.1) is 0 Å². The third kappa shape index (κ3) is 3.88. The fraction of sp³-hybridized carbons (Fsp3) is 0.500. The number of ketones is 1.